The van der Waals surface area contributed by atoms with E-state index in [0.717, 1.165) is 22.6 Å². The average Bonchev–Trinajstić information content (AvgIpc) is 2.48. The van der Waals surface area contributed by atoms with Gasteiger partial charge in [0.25, 0.3) is 0 Å². The minimum absolute atomic E-state index is 0.139. The third kappa shape index (κ3) is 4.45. The van der Waals surface area contributed by atoms with Gasteiger partial charge in [-0.2, -0.15) is 0 Å². The molecule has 2 aromatic rings. The van der Waals surface area contributed by atoms with Gasteiger partial charge in [-0.05, 0) is 38.1 Å². The summed E-state index contributed by atoms with van der Waals surface area (Å²) < 4.78 is 5.58. The highest BCUT2D eigenvalue weighted by molar-refractivity contribution is 7.99. The fraction of sp³-hybridized carbons (Fsp3) is 0.222. The molecule has 0 saturated heterocycles. The first kappa shape index (κ1) is 14.7. The molecular weight excluding hydrogens is 264 g/mol. The molecule has 2 rings (SSSR count). The molecule has 0 bridgehead atoms. The van der Waals surface area contributed by atoms with Crippen LogP contribution in [0.15, 0.2) is 59.5 Å². The van der Waals surface area contributed by atoms with E-state index in [1.54, 1.807) is 11.8 Å². The van der Waals surface area contributed by atoms with Crippen molar-refractivity contribution in [3.8, 4) is 11.8 Å². The van der Waals surface area contributed by atoms with Gasteiger partial charge in [-0.15, -0.1) is 0 Å². The van der Waals surface area contributed by atoms with Gasteiger partial charge >= 0.3 is 0 Å². The zero-order valence-electron chi connectivity index (χ0n) is 11.8. The molecule has 1 unspecified atom stereocenters. The molecular formula is C18H18OS. The SMILES string of the molecule is CCOC(C)Sc1ccccc1C#Cc1ccccc1. The van der Waals surface area contributed by atoms with E-state index in [1.165, 1.54) is 0 Å². The Morgan fingerprint density at radius 1 is 1.00 bits per heavy atom. The zero-order valence-corrected chi connectivity index (χ0v) is 12.6. The maximum absolute atomic E-state index is 5.58. The molecule has 0 fully saturated rings. The first-order valence-electron chi connectivity index (χ1n) is 6.74. The van der Waals surface area contributed by atoms with Gasteiger partial charge in [0.05, 0.1) is 0 Å². The second-order valence-corrected chi connectivity index (χ2v) is 5.59. The van der Waals surface area contributed by atoms with E-state index in [2.05, 4.69) is 30.9 Å². The van der Waals surface area contributed by atoms with E-state index in [4.69, 9.17) is 4.74 Å². The van der Waals surface area contributed by atoms with Crippen LogP contribution in [0.25, 0.3) is 0 Å². The molecule has 0 amide bonds. The minimum Gasteiger partial charge on any atom is -0.368 e. The lowest BCUT2D eigenvalue weighted by Gasteiger charge is -2.12. The fourth-order valence-electron chi connectivity index (χ4n) is 1.78. The highest BCUT2D eigenvalue weighted by Crippen LogP contribution is 2.26. The molecule has 1 atom stereocenters. The Morgan fingerprint density at radius 3 is 2.45 bits per heavy atom. The van der Waals surface area contributed by atoms with Gasteiger partial charge < -0.3 is 4.74 Å². The summed E-state index contributed by atoms with van der Waals surface area (Å²) in [5, 5.41) is 0. The summed E-state index contributed by atoms with van der Waals surface area (Å²) in [7, 11) is 0. The number of hydrogen-bond donors (Lipinski definition) is 0. The van der Waals surface area contributed by atoms with Gasteiger partial charge in [-0.25, -0.2) is 0 Å². The second-order valence-electron chi connectivity index (χ2n) is 4.25. The summed E-state index contributed by atoms with van der Waals surface area (Å²) in [6, 6.07) is 18.2. The van der Waals surface area contributed by atoms with Crippen LogP contribution < -0.4 is 0 Å². The first-order valence-corrected chi connectivity index (χ1v) is 7.62. The van der Waals surface area contributed by atoms with E-state index in [-0.39, 0.29) is 5.44 Å². The Kier molecular flexibility index (Phi) is 5.73. The van der Waals surface area contributed by atoms with E-state index >= 15 is 0 Å². The molecule has 1 nitrogen and oxygen atoms in total. The van der Waals surface area contributed by atoms with Gasteiger partial charge in [0.1, 0.15) is 5.44 Å². The summed E-state index contributed by atoms with van der Waals surface area (Å²) in [4.78, 5) is 1.16. The maximum Gasteiger partial charge on any atom is 0.104 e. The molecule has 20 heavy (non-hydrogen) atoms. The van der Waals surface area contributed by atoms with E-state index in [9.17, 15) is 0 Å². The van der Waals surface area contributed by atoms with Gasteiger partial charge in [-0.1, -0.05) is 53.9 Å². The van der Waals surface area contributed by atoms with Crippen molar-refractivity contribution in [2.45, 2.75) is 24.2 Å². The summed E-state index contributed by atoms with van der Waals surface area (Å²) in [5.74, 6) is 6.45. The van der Waals surface area contributed by atoms with Gasteiger partial charge in [-0.3, -0.25) is 0 Å². The molecule has 0 heterocycles. The van der Waals surface area contributed by atoms with Crippen LogP contribution in [0.3, 0.4) is 0 Å². The quantitative estimate of drug-likeness (QED) is 0.462. The number of ether oxygens (including phenoxy) is 1. The normalized spacial score (nSPS) is 11.5. The number of benzene rings is 2. The molecule has 0 aliphatic rings. The van der Waals surface area contributed by atoms with Crippen LogP contribution in [-0.2, 0) is 4.74 Å². The summed E-state index contributed by atoms with van der Waals surface area (Å²) >= 11 is 1.71. The molecule has 0 aliphatic carbocycles. The minimum atomic E-state index is 0.139. The smallest absolute Gasteiger partial charge is 0.104 e. The predicted molar refractivity (Wildman–Crippen MR) is 85.8 cm³/mol. The lowest BCUT2D eigenvalue weighted by Crippen LogP contribution is -2.02. The summed E-state index contributed by atoms with van der Waals surface area (Å²) in [5.41, 5.74) is 2.22. The van der Waals surface area contributed by atoms with Crippen molar-refractivity contribution in [3.05, 3.63) is 65.7 Å². The maximum atomic E-state index is 5.58. The van der Waals surface area contributed by atoms with Crippen molar-refractivity contribution in [2.75, 3.05) is 6.61 Å². The average molecular weight is 282 g/mol. The molecule has 0 aromatic heterocycles. The van der Waals surface area contributed by atoms with E-state index in [0.29, 0.717) is 0 Å². The largest absolute Gasteiger partial charge is 0.368 e. The Labute approximate surface area is 125 Å². The third-order valence-corrected chi connectivity index (χ3v) is 3.77. The first-order chi connectivity index (χ1) is 9.79. The fourth-order valence-corrected chi connectivity index (χ4v) is 2.75. The molecule has 0 radical (unpaired) electrons. The standard InChI is InChI=1S/C18H18OS/c1-3-19-15(2)20-18-12-8-7-11-17(18)14-13-16-9-5-4-6-10-16/h4-12,15H,3H2,1-2H3. The van der Waals surface area contributed by atoms with Crippen LogP contribution in [0.2, 0.25) is 0 Å². The highest BCUT2D eigenvalue weighted by atomic mass is 32.2. The summed E-state index contributed by atoms with van der Waals surface area (Å²) in [6.07, 6.45) is 0. The lowest BCUT2D eigenvalue weighted by atomic mass is 10.2. The second kappa shape index (κ2) is 7.79. The van der Waals surface area contributed by atoms with Crippen molar-refractivity contribution in [1.29, 1.82) is 0 Å². The Bertz CT molecular complexity index is 596. The Morgan fingerprint density at radius 2 is 1.70 bits per heavy atom. The number of thioether (sulfide) groups is 1. The molecule has 2 aromatic carbocycles. The topological polar surface area (TPSA) is 9.23 Å². The molecule has 0 N–H and O–H groups in total. The van der Waals surface area contributed by atoms with Crippen molar-refractivity contribution in [1.82, 2.24) is 0 Å². The van der Waals surface area contributed by atoms with E-state index in [1.807, 2.05) is 49.4 Å². The molecule has 2 heteroatoms. The highest BCUT2D eigenvalue weighted by Gasteiger charge is 2.06. The van der Waals surface area contributed by atoms with Gasteiger partial charge in [0.15, 0.2) is 0 Å². The van der Waals surface area contributed by atoms with Crippen LogP contribution in [0.5, 0.6) is 0 Å². The monoisotopic (exact) mass is 282 g/mol. The lowest BCUT2D eigenvalue weighted by molar-refractivity contribution is 0.137. The molecule has 0 aliphatic heterocycles. The third-order valence-electron chi connectivity index (χ3n) is 2.70. The molecule has 0 spiro atoms. The van der Waals surface area contributed by atoms with E-state index < -0.39 is 0 Å². The summed E-state index contributed by atoms with van der Waals surface area (Å²) in [6.45, 7) is 4.81. The van der Waals surface area contributed by atoms with Crippen LogP contribution in [0.4, 0.5) is 0 Å². The molecule has 0 saturated carbocycles. The van der Waals surface area contributed by atoms with Gasteiger partial charge in [0.2, 0.25) is 0 Å². The zero-order chi connectivity index (χ0) is 14.2. The van der Waals surface area contributed by atoms with Crippen LogP contribution in [0.1, 0.15) is 25.0 Å². The van der Waals surface area contributed by atoms with Crippen molar-refractivity contribution >= 4 is 11.8 Å². The van der Waals surface area contributed by atoms with Crippen molar-refractivity contribution < 1.29 is 4.74 Å². The van der Waals surface area contributed by atoms with Crippen molar-refractivity contribution in [2.24, 2.45) is 0 Å². The van der Waals surface area contributed by atoms with Crippen molar-refractivity contribution in [3.63, 3.8) is 0 Å². The van der Waals surface area contributed by atoms with Gasteiger partial charge in [0, 0.05) is 22.6 Å². The number of hydrogen-bond acceptors (Lipinski definition) is 2. The predicted octanol–water partition coefficient (Wildman–Crippen LogP) is 4.56. The Hall–Kier alpha value is -1.69. The number of rotatable bonds is 4. The van der Waals surface area contributed by atoms with Crippen LogP contribution >= 0.6 is 11.8 Å². The Balaban J connectivity index is 2.18. The molecule has 102 valence electrons. The van der Waals surface area contributed by atoms with Crippen LogP contribution in [0, 0.1) is 11.8 Å². The van der Waals surface area contributed by atoms with Crippen LogP contribution in [-0.4, -0.2) is 12.0 Å².